The van der Waals surface area contributed by atoms with Gasteiger partial charge in [-0.25, -0.2) is 4.79 Å². The number of H-pyrrole nitrogens is 1. The van der Waals surface area contributed by atoms with Gasteiger partial charge in [0.05, 0.1) is 12.2 Å². The Hall–Kier alpha value is -1.78. The molecule has 0 saturated heterocycles. The second-order valence-electron chi connectivity index (χ2n) is 6.04. The zero-order valence-corrected chi connectivity index (χ0v) is 14.0. The van der Waals surface area contributed by atoms with Crippen LogP contribution in [0.4, 0.5) is 0 Å². The molecule has 5 nitrogen and oxygen atoms in total. The van der Waals surface area contributed by atoms with E-state index < -0.39 is 0 Å². The number of carbonyl (C=O) groups is 2. The number of hydrogen-bond acceptors (Lipinski definition) is 3. The zero-order chi connectivity index (χ0) is 16.3. The van der Waals surface area contributed by atoms with Gasteiger partial charge in [-0.05, 0) is 51.5 Å². The number of nitrogens with zero attached hydrogens (tertiary/aromatic N) is 1. The first-order valence-electron chi connectivity index (χ1n) is 8.15. The molecular formula is C17H26N2O3. The Bertz CT molecular complexity index is 558. The number of carbonyl (C=O) groups excluding carboxylic acids is 2. The van der Waals surface area contributed by atoms with Gasteiger partial charge in [0, 0.05) is 18.8 Å². The SMILES string of the molecule is CCCN(CC1CC1)C(=O)c1[nH]c(C)c(C(=O)OCC)c1C. The number of aryl methyl sites for hydroxylation is 1. The number of amides is 1. The summed E-state index contributed by atoms with van der Waals surface area (Å²) in [6.07, 6.45) is 3.36. The van der Waals surface area contributed by atoms with E-state index in [9.17, 15) is 9.59 Å². The van der Waals surface area contributed by atoms with Crippen molar-refractivity contribution in [3.05, 3.63) is 22.5 Å². The molecule has 22 heavy (non-hydrogen) atoms. The summed E-state index contributed by atoms with van der Waals surface area (Å²) < 4.78 is 5.08. The topological polar surface area (TPSA) is 62.4 Å². The largest absolute Gasteiger partial charge is 0.462 e. The zero-order valence-electron chi connectivity index (χ0n) is 14.0. The van der Waals surface area contributed by atoms with Crippen LogP contribution < -0.4 is 0 Å². The summed E-state index contributed by atoms with van der Waals surface area (Å²) in [5.41, 5.74) is 2.41. The smallest absolute Gasteiger partial charge is 0.340 e. The number of rotatable bonds is 7. The molecule has 1 aliphatic carbocycles. The Kier molecular flexibility index (Phi) is 5.27. The highest BCUT2D eigenvalue weighted by atomic mass is 16.5. The number of esters is 1. The summed E-state index contributed by atoms with van der Waals surface area (Å²) >= 11 is 0. The van der Waals surface area contributed by atoms with Gasteiger partial charge in [0.15, 0.2) is 0 Å². The average Bonchev–Trinajstić information content (AvgIpc) is 3.22. The van der Waals surface area contributed by atoms with Gasteiger partial charge in [0.25, 0.3) is 5.91 Å². The van der Waals surface area contributed by atoms with E-state index in [-0.39, 0.29) is 11.9 Å². The van der Waals surface area contributed by atoms with Crippen molar-refractivity contribution in [3.63, 3.8) is 0 Å². The van der Waals surface area contributed by atoms with E-state index in [0.717, 1.165) is 19.5 Å². The van der Waals surface area contributed by atoms with Crippen LogP contribution in [0.2, 0.25) is 0 Å². The molecule has 0 bridgehead atoms. The molecule has 2 rings (SSSR count). The Balaban J connectivity index is 2.24. The summed E-state index contributed by atoms with van der Waals surface area (Å²) in [6, 6.07) is 0. The maximum atomic E-state index is 12.8. The summed E-state index contributed by atoms with van der Waals surface area (Å²) in [4.78, 5) is 29.8. The van der Waals surface area contributed by atoms with E-state index in [4.69, 9.17) is 4.74 Å². The molecule has 1 aliphatic rings. The van der Waals surface area contributed by atoms with E-state index in [1.807, 2.05) is 11.8 Å². The summed E-state index contributed by atoms with van der Waals surface area (Å²) in [5.74, 6) is 0.276. The number of ether oxygens (including phenoxy) is 1. The summed E-state index contributed by atoms with van der Waals surface area (Å²) in [5, 5.41) is 0. The van der Waals surface area contributed by atoms with Crippen molar-refractivity contribution in [2.45, 2.75) is 47.0 Å². The maximum Gasteiger partial charge on any atom is 0.340 e. The van der Waals surface area contributed by atoms with Gasteiger partial charge in [0.1, 0.15) is 5.69 Å². The normalized spacial score (nSPS) is 14.0. The average molecular weight is 306 g/mol. The number of aromatic amines is 1. The first-order valence-corrected chi connectivity index (χ1v) is 8.15. The Morgan fingerprint density at radius 2 is 1.95 bits per heavy atom. The highest BCUT2D eigenvalue weighted by Crippen LogP contribution is 2.30. The first kappa shape index (κ1) is 16.6. The van der Waals surface area contributed by atoms with Crippen molar-refractivity contribution >= 4 is 11.9 Å². The van der Waals surface area contributed by atoms with Gasteiger partial charge in [-0.15, -0.1) is 0 Å². The quantitative estimate of drug-likeness (QED) is 0.787. The van der Waals surface area contributed by atoms with Gasteiger partial charge in [-0.3, -0.25) is 4.79 Å². The van der Waals surface area contributed by atoms with Crippen LogP contribution in [0.3, 0.4) is 0 Å². The van der Waals surface area contributed by atoms with Gasteiger partial charge in [-0.1, -0.05) is 6.92 Å². The molecule has 5 heteroatoms. The van der Waals surface area contributed by atoms with E-state index in [0.29, 0.717) is 35.0 Å². The minimum atomic E-state index is -0.364. The third kappa shape index (κ3) is 3.51. The lowest BCUT2D eigenvalue weighted by molar-refractivity contribution is 0.0525. The van der Waals surface area contributed by atoms with Crippen LogP contribution >= 0.6 is 0 Å². The van der Waals surface area contributed by atoms with Crippen LogP contribution in [0.1, 0.15) is 65.2 Å². The van der Waals surface area contributed by atoms with Crippen LogP contribution in [0.25, 0.3) is 0 Å². The molecule has 0 atom stereocenters. The molecule has 0 aliphatic heterocycles. The molecule has 0 spiro atoms. The van der Waals surface area contributed by atoms with E-state index in [2.05, 4.69) is 11.9 Å². The molecule has 1 saturated carbocycles. The second-order valence-corrected chi connectivity index (χ2v) is 6.04. The van der Waals surface area contributed by atoms with Crippen LogP contribution in [0.15, 0.2) is 0 Å². The molecule has 0 aromatic carbocycles. The van der Waals surface area contributed by atoms with Crippen molar-refractivity contribution in [3.8, 4) is 0 Å². The Morgan fingerprint density at radius 3 is 2.50 bits per heavy atom. The molecule has 1 amide bonds. The monoisotopic (exact) mass is 306 g/mol. The lowest BCUT2D eigenvalue weighted by Gasteiger charge is -2.21. The highest BCUT2D eigenvalue weighted by molar-refractivity contribution is 6.00. The molecule has 1 aromatic heterocycles. The molecule has 0 unspecified atom stereocenters. The number of aromatic nitrogens is 1. The lowest BCUT2D eigenvalue weighted by atomic mass is 10.1. The molecule has 1 aromatic rings. The number of hydrogen-bond donors (Lipinski definition) is 1. The van der Waals surface area contributed by atoms with Crippen molar-refractivity contribution in [2.75, 3.05) is 19.7 Å². The highest BCUT2D eigenvalue weighted by Gasteiger charge is 2.30. The van der Waals surface area contributed by atoms with Gasteiger partial charge < -0.3 is 14.6 Å². The minimum Gasteiger partial charge on any atom is -0.462 e. The predicted molar refractivity (Wildman–Crippen MR) is 85.1 cm³/mol. The maximum absolute atomic E-state index is 12.8. The van der Waals surface area contributed by atoms with Crippen molar-refractivity contribution in [2.24, 2.45) is 5.92 Å². The van der Waals surface area contributed by atoms with Gasteiger partial charge in [0.2, 0.25) is 0 Å². The third-order valence-electron chi connectivity index (χ3n) is 4.09. The van der Waals surface area contributed by atoms with Gasteiger partial charge >= 0.3 is 5.97 Å². The molecule has 122 valence electrons. The molecule has 1 fully saturated rings. The minimum absolute atomic E-state index is 0.00935. The third-order valence-corrected chi connectivity index (χ3v) is 4.09. The lowest BCUT2D eigenvalue weighted by Crippen LogP contribution is -2.34. The van der Waals surface area contributed by atoms with Crippen molar-refractivity contribution in [1.29, 1.82) is 0 Å². The van der Waals surface area contributed by atoms with Crippen molar-refractivity contribution < 1.29 is 14.3 Å². The van der Waals surface area contributed by atoms with Crippen molar-refractivity contribution in [1.82, 2.24) is 9.88 Å². The van der Waals surface area contributed by atoms with E-state index >= 15 is 0 Å². The van der Waals surface area contributed by atoms with E-state index in [1.165, 1.54) is 12.8 Å². The summed E-state index contributed by atoms with van der Waals surface area (Å²) in [6.45, 7) is 9.37. The van der Waals surface area contributed by atoms with E-state index in [1.54, 1.807) is 13.8 Å². The first-order chi connectivity index (χ1) is 10.5. The predicted octanol–water partition coefficient (Wildman–Crippen LogP) is 3.07. The second kappa shape index (κ2) is 6.99. The Morgan fingerprint density at radius 1 is 1.27 bits per heavy atom. The summed E-state index contributed by atoms with van der Waals surface area (Å²) in [7, 11) is 0. The van der Waals surface area contributed by atoms with Crippen LogP contribution in [0, 0.1) is 19.8 Å². The fourth-order valence-corrected chi connectivity index (χ4v) is 2.79. The molecular weight excluding hydrogens is 280 g/mol. The fourth-order valence-electron chi connectivity index (χ4n) is 2.79. The fraction of sp³-hybridized carbons (Fsp3) is 0.647. The van der Waals surface area contributed by atoms with Crippen LogP contribution in [-0.2, 0) is 4.74 Å². The molecule has 1 heterocycles. The van der Waals surface area contributed by atoms with Crippen LogP contribution in [-0.4, -0.2) is 41.5 Å². The molecule has 1 N–H and O–H groups in total. The molecule has 0 radical (unpaired) electrons. The Labute approximate surface area is 132 Å². The standard InChI is InChI=1S/C17H26N2O3/c1-5-9-19(10-13-7-8-13)16(20)15-11(3)14(12(4)18-15)17(21)22-6-2/h13,18H,5-10H2,1-4H3. The van der Waals surface area contributed by atoms with Crippen LogP contribution in [0.5, 0.6) is 0 Å². The number of nitrogens with one attached hydrogen (secondary N) is 1. The van der Waals surface area contributed by atoms with Gasteiger partial charge in [-0.2, -0.15) is 0 Å².